The topological polar surface area (TPSA) is 58.6 Å². The molecule has 2 N–H and O–H groups in total. The lowest BCUT2D eigenvalue weighted by Gasteiger charge is -2.18. The average molecular weight is 299 g/mol. The second kappa shape index (κ2) is 6.98. The maximum Gasteiger partial charge on any atom is 0.224 e. The largest absolute Gasteiger partial charge is 0.508 e. The summed E-state index contributed by atoms with van der Waals surface area (Å²) in [5, 5.41) is 12.2. The molecule has 0 aliphatic carbocycles. The molecule has 4 nitrogen and oxygen atoms in total. The fraction of sp³-hybridized carbons (Fsp3) is 0.278. The number of amides is 1. The van der Waals surface area contributed by atoms with Gasteiger partial charge in [-0.3, -0.25) is 4.79 Å². The Kier molecular flexibility index (Phi) is 5.04. The van der Waals surface area contributed by atoms with Crippen LogP contribution in [0, 0.1) is 6.92 Å². The number of carbonyl (C=O) groups is 1. The quantitative estimate of drug-likeness (QED) is 0.891. The zero-order valence-electron chi connectivity index (χ0n) is 13.1. The van der Waals surface area contributed by atoms with Gasteiger partial charge in [-0.25, -0.2) is 0 Å². The highest BCUT2D eigenvalue weighted by molar-refractivity contribution is 5.79. The van der Waals surface area contributed by atoms with E-state index in [9.17, 15) is 9.90 Å². The molecule has 0 saturated heterocycles. The van der Waals surface area contributed by atoms with Gasteiger partial charge >= 0.3 is 0 Å². The first kappa shape index (κ1) is 15.9. The molecule has 0 bridgehead atoms. The van der Waals surface area contributed by atoms with Crippen molar-refractivity contribution in [1.29, 1.82) is 0 Å². The highest BCUT2D eigenvalue weighted by atomic mass is 16.5. The molecule has 1 atom stereocenters. The number of rotatable bonds is 5. The van der Waals surface area contributed by atoms with E-state index in [4.69, 9.17) is 4.74 Å². The number of phenols is 1. The molecule has 0 fully saturated rings. The summed E-state index contributed by atoms with van der Waals surface area (Å²) in [6.45, 7) is 3.94. The van der Waals surface area contributed by atoms with Gasteiger partial charge in [-0.2, -0.15) is 0 Å². The van der Waals surface area contributed by atoms with Crippen molar-refractivity contribution < 1.29 is 14.6 Å². The molecule has 4 heteroatoms. The van der Waals surface area contributed by atoms with Crippen LogP contribution >= 0.6 is 0 Å². The summed E-state index contributed by atoms with van der Waals surface area (Å²) >= 11 is 0. The molecule has 0 heterocycles. The third-order valence-corrected chi connectivity index (χ3v) is 3.53. The third-order valence-electron chi connectivity index (χ3n) is 3.53. The van der Waals surface area contributed by atoms with Gasteiger partial charge in [-0.1, -0.05) is 29.8 Å². The molecule has 0 aliphatic heterocycles. The molecular formula is C18H21NO3. The fourth-order valence-corrected chi connectivity index (χ4v) is 2.36. The molecule has 22 heavy (non-hydrogen) atoms. The van der Waals surface area contributed by atoms with Gasteiger partial charge in [0.2, 0.25) is 5.91 Å². The Morgan fingerprint density at radius 3 is 2.55 bits per heavy atom. The number of methoxy groups -OCH3 is 1. The van der Waals surface area contributed by atoms with Crippen molar-refractivity contribution >= 4 is 5.91 Å². The molecule has 0 radical (unpaired) electrons. The number of ether oxygens (including phenoxy) is 1. The van der Waals surface area contributed by atoms with Crippen LogP contribution in [0.1, 0.15) is 29.7 Å². The standard InChI is InChI=1S/C18H21NO3/c1-12-4-9-17(22-3)16(10-12)13(2)19-18(21)11-14-5-7-15(20)8-6-14/h4-10,13,20H,11H2,1-3H3,(H,19,21). The second-order valence-electron chi connectivity index (χ2n) is 5.38. The number of hydrogen-bond donors (Lipinski definition) is 2. The van der Waals surface area contributed by atoms with Crippen LogP contribution in [0.3, 0.4) is 0 Å². The van der Waals surface area contributed by atoms with E-state index in [1.807, 2.05) is 32.0 Å². The third kappa shape index (κ3) is 4.01. The Labute approximate surface area is 130 Å². The summed E-state index contributed by atoms with van der Waals surface area (Å²) in [6.07, 6.45) is 0.277. The van der Waals surface area contributed by atoms with Crippen molar-refractivity contribution in [1.82, 2.24) is 5.32 Å². The summed E-state index contributed by atoms with van der Waals surface area (Å²) in [7, 11) is 1.62. The number of aromatic hydroxyl groups is 1. The van der Waals surface area contributed by atoms with E-state index >= 15 is 0 Å². The highest BCUT2D eigenvalue weighted by Crippen LogP contribution is 2.26. The van der Waals surface area contributed by atoms with E-state index < -0.39 is 0 Å². The van der Waals surface area contributed by atoms with Gasteiger partial charge < -0.3 is 15.2 Å². The van der Waals surface area contributed by atoms with Gasteiger partial charge in [0.15, 0.2) is 0 Å². The number of aryl methyl sites for hydroxylation is 1. The van der Waals surface area contributed by atoms with Gasteiger partial charge in [-0.15, -0.1) is 0 Å². The van der Waals surface area contributed by atoms with Crippen molar-refractivity contribution in [3.8, 4) is 11.5 Å². The number of benzene rings is 2. The zero-order valence-corrected chi connectivity index (χ0v) is 13.1. The summed E-state index contributed by atoms with van der Waals surface area (Å²) < 4.78 is 5.36. The Balaban J connectivity index is 2.05. The van der Waals surface area contributed by atoms with Crippen molar-refractivity contribution in [3.05, 3.63) is 59.2 Å². The molecule has 1 unspecified atom stereocenters. The Bertz CT molecular complexity index is 650. The van der Waals surface area contributed by atoms with Gasteiger partial charge in [-0.05, 0) is 37.6 Å². The Morgan fingerprint density at radius 2 is 1.91 bits per heavy atom. The predicted molar refractivity (Wildman–Crippen MR) is 86.1 cm³/mol. The van der Waals surface area contributed by atoms with Crippen LogP contribution < -0.4 is 10.1 Å². The first-order chi connectivity index (χ1) is 10.5. The van der Waals surface area contributed by atoms with Crippen molar-refractivity contribution in [2.75, 3.05) is 7.11 Å². The minimum absolute atomic E-state index is 0.0678. The van der Waals surface area contributed by atoms with Crippen LogP contribution in [0.4, 0.5) is 0 Å². The summed E-state index contributed by atoms with van der Waals surface area (Å²) in [5.74, 6) is 0.895. The van der Waals surface area contributed by atoms with Crippen LogP contribution in [0.2, 0.25) is 0 Å². The molecular weight excluding hydrogens is 278 g/mol. The second-order valence-corrected chi connectivity index (χ2v) is 5.38. The van der Waals surface area contributed by atoms with Crippen LogP contribution in [0.5, 0.6) is 11.5 Å². The normalized spacial score (nSPS) is 11.8. The first-order valence-electron chi connectivity index (χ1n) is 7.21. The molecule has 2 rings (SSSR count). The minimum atomic E-state index is -0.139. The van der Waals surface area contributed by atoms with Crippen LogP contribution in [-0.4, -0.2) is 18.1 Å². The number of phenolic OH excluding ortho intramolecular Hbond substituents is 1. The van der Waals surface area contributed by atoms with Gasteiger partial charge in [0.05, 0.1) is 19.6 Å². The Hall–Kier alpha value is -2.49. The molecule has 2 aromatic rings. The molecule has 2 aromatic carbocycles. The van der Waals surface area contributed by atoms with E-state index in [1.165, 1.54) is 0 Å². The smallest absolute Gasteiger partial charge is 0.224 e. The van der Waals surface area contributed by atoms with Gasteiger partial charge in [0, 0.05) is 5.56 Å². The van der Waals surface area contributed by atoms with Crippen LogP contribution in [0.15, 0.2) is 42.5 Å². The van der Waals surface area contributed by atoms with E-state index in [1.54, 1.807) is 31.4 Å². The number of hydrogen-bond acceptors (Lipinski definition) is 3. The Morgan fingerprint density at radius 1 is 1.23 bits per heavy atom. The van der Waals surface area contributed by atoms with Gasteiger partial charge in [0.25, 0.3) is 0 Å². The number of carbonyl (C=O) groups excluding carboxylic acids is 1. The molecule has 0 saturated carbocycles. The fourth-order valence-electron chi connectivity index (χ4n) is 2.36. The SMILES string of the molecule is COc1ccc(C)cc1C(C)NC(=O)Cc1ccc(O)cc1. The lowest BCUT2D eigenvalue weighted by atomic mass is 10.0. The molecule has 116 valence electrons. The monoisotopic (exact) mass is 299 g/mol. The lowest BCUT2D eigenvalue weighted by Crippen LogP contribution is -2.28. The van der Waals surface area contributed by atoms with E-state index in [0.717, 1.165) is 22.4 Å². The molecule has 0 aliphatic rings. The van der Waals surface area contributed by atoms with E-state index in [-0.39, 0.29) is 24.1 Å². The molecule has 1 amide bonds. The van der Waals surface area contributed by atoms with Crippen LogP contribution in [0.25, 0.3) is 0 Å². The first-order valence-corrected chi connectivity index (χ1v) is 7.21. The zero-order chi connectivity index (χ0) is 16.1. The van der Waals surface area contributed by atoms with Crippen LogP contribution in [-0.2, 0) is 11.2 Å². The van der Waals surface area contributed by atoms with E-state index in [2.05, 4.69) is 5.32 Å². The lowest BCUT2D eigenvalue weighted by molar-refractivity contribution is -0.121. The highest BCUT2D eigenvalue weighted by Gasteiger charge is 2.14. The maximum atomic E-state index is 12.2. The van der Waals surface area contributed by atoms with Crippen molar-refractivity contribution in [2.24, 2.45) is 0 Å². The predicted octanol–water partition coefficient (Wildman–Crippen LogP) is 3.13. The van der Waals surface area contributed by atoms with E-state index in [0.29, 0.717) is 0 Å². The summed E-state index contributed by atoms with van der Waals surface area (Å²) in [5.41, 5.74) is 2.94. The van der Waals surface area contributed by atoms with Gasteiger partial charge in [0.1, 0.15) is 11.5 Å². The maximum absolute atomic E-state index is 12.2. The summed E-state index contributed by atoms with van der Waals surface area (Å²) in [6, 6.07) is 12.4. The average Bonchev–Trinajstić information content (AvgIpc) is 2.49. The number of nitrogens with one attached hydrogen (secondary N) is 1. The summed E-state index contributed by atoms with van der Waals surface area (Å²) in [4.78, 5) is 12.2. The molecule has 0 aromatic heterocycles. The van der Waals surface area contributed by atoms with Crippen molar-refractivity contribution in [2.45, 2.75) is 26.3 Å². The molecule has 0 spiro atoms. The van der Waals surface area contributed by atoms with Crippen molar-refractivity contribution in [3.63, 3.8) is 0 Å². The minimum Gasteiger partial charge on any atom is -0.508 e.